The van der Waals surface area contributed by atoms with E-state index in [9.17, 15) is 13.2 Å². The molecule has 0 bridgehead atoms. The number of carbonyl (C=O) groups excluding carboxylic acids is 1. The Morgan fingerprint density at radius 2 is 2.14 bits per heavy atom. The molecular weight excluding hydrogens is 302 g/mol. The molecule has 0 aromatic heterocycles. The predicted molar refractivity (Wildman–Crippen MR) is 86.4 cm³/mol. The van der Waals surface area contributed by atoms with Gasteiger partial charge in [0.1, 0.15) is 5.84 Å². The minimum atomic E-state index is -3.66. The van der Waals surface area contributed by atoms with Crippen LogP contribution in [0.15, 0.2) is 34.2 Å². The lowest BCUT2D eigenvalue weighted by Gasteiger charge is -2.10. The molecule has 7 heteroatoms. The van der Waals surface area contributed by atoms with Crippen LogP contribution in [0.5, 0.6) is 0 Å². The summed E-state index contributed by atoms with van der Waals surface area (Å²) in [6.45, 7) is 4.56. The number of hydrogen-bond donors (Lipinski definition) is 2. The number of aliphatic imine (C=N–C) groups is 1. The number of nitrogens with one attached hydrogen (secondary N) is 2. The average molecular weight is 323 g/mol. The Hall–Kier alpha value is -1.89. The lowest BCUT2D eigenvalue weighted by molar-refractivity contribution is -0.116. The van der Waals surface area contributed by atoms with Gasteiger partial charge in [-0.2, -0.15) is 0 Å². The highest BCUT2D eigenvalue weighted by Crippen LogP contribution is 2.17. The van der Waals surface area contributed by atoms with Gasteiger partial charge in [0.25, 0.3) is 10.0 Å². The molecular formula is C15H21N3O3S. The lowest BCUT2D eigenvalue weighted by atomic mass is 10.1. The largest absolute Gasteiger partial charge is 0.326 e. The van der Waals surface area contributed by atoms with E-state index in [1.807, 2.05) is 13.8 Å². The van der Waals surface area contributed by atoms with Crippen LogP contribution in [0.3, 0.4) is 0 Å². The van der Waals surface area contributed by atoms with Gasteiger partial charge in [0.2, 0.25) is 5.91 Å². The third kappa shape index (κ3) is 4.56. The van der Waals surface area contributed by atoms with Crippen LogP contribution in [0.4, 0.5) is 5.69 Å². The monoisotopic (exact) mass is 323 g/mol. The summed E-state index contributed by atoms with van der Waals surface area (Å²) in [4.78, 5) is 16.0. The first kappa shape index (κ1) is 16.5. The van der Waals surface area contributed by atoms with Gasteiger partial charge in [-0.05, 0) is 30.5 Å². The maximum absolute atomic E-state index is 12.3. The number of hydrogen-bond acceptors (Lipinski definition) is 4. The molecule has 1 aromatic carbocycles. The second-order valence-electron chi connectivity index (χ2n) is 5.71. The third-order valence-electron chi connectivity index (χ3n) is 3.15. The van der Waals surface area contributed by atoms with E-state index in [0.717, 1.165) is 6.42 Å². The molecule has 1 aliphatic rings. The van der Waals surface area contributed by atoms with Crippen molar-refractivity contribution in [1.82, 2.24) is 4.72 Å². The smallest absolute Gasteiger partial charge is 0.262 e. The molecule has 0 unspecified atom stereocenters. The standard InChI is InChI=1S/C15H21N3O3S/c1-11(2)9-15(19)17-12-5-3-6-13(10-12)22(20,21)18-14-7-4-8-16-14/h3,5-6,10-11H,4,7-9H2,1-2H3,(H,16,18)(H,17,19). The van der Waals surface area contributed by atoms with Crippen LogP contribution in [-0.2, 0) is 14.8 Å². The van der Waals surface area contributed by atoms with Gasteiger partial charge in [-0.1, -0.05) is 19.9 Å². The summed E-state index contributed by atoms with van der Waals surface area (Å²) >= 11 is 0. The lowest BCUT2D eigenvalue weighted by Crippen LogP contribution is -2.29. The SMILES string of the molecule is CC(C)CC(=O)Nc1cccc(S(=O)(=O)NC2=NCCC2)c1. The molecule has 2 rings (SSSR count). The normalized spacial score (nSPS) is 14.8. The summed E-state index contributed by atoms with van der Waals surface area (Å²) in [5, 5.41) is 2.72. The zero-order chi connectivity index (χ0) is 16.2. The maximum Gasteiger partial charge on any atom is 0.262 e. The third-order valence-corrected chi connectivity index (χ3v) is 4.53. The van der Waals surface area contributed by atoms with Crippen molar-refractivity contribution in [1.29, 1.82) is 0 Å². The van der Waals surface area contributed by atoms with Gasteiger partial charge in [0, 0.05) is 25.1 Å². The molecule has 0 fully saturated rings. The van der Waals surface area contributed by atoms with Crippen LogP contribution in [-0.4, -0.2) is 26.7 Å². The molecule has 1 aromatic rings. The first-order chi connectivity index (χ1) is 10.4. The number of amides is 1. The minimum absolute atomic E-state index is 0.115. The molecule has 1 amide bonds. The van der Waals surface area contributed by atoms with Crippen LogP contribution in [0, 0.1) is 5.92 Å². The molecule has 120 valence electrons. The molecule has 22 heavy (non-hydrogen) atoms. The highest BCUT2D eigenvalue weighted by atomic mass is 32.2. The van der Waals surface area contributed by atoms with Gasteiger partial charge < -0.3 is 5.32 Å². The van der Waals surface area contributed by atoms with E-state index >= 15 is 0 Å². The molecule has 0 spiro atoms. The van der Waals surface area contributed by atoms with Gasteiger partial charge in [0.15, 0.2) is 0 Å². The Balaban J connectivity index is 2.11. The van der Waals surface area contributed by atoms with Crippen molar-refractivity contribution in [2.24, 2.45) is 10.9 Å². The number of carbonyl (C=O) groups is 1. The zero-order valence-corrected chi connectivity index (χ0v) is 13.6. The first-order valence-corrected chi connectivity index (χ1v) is 8.81. The van der Waals surface area contributed by atoms with E-state index in [0.29, 0.717) is 30.9 Å². The van der Waals surface area contributed by atoms with Gasteiger partial charge >= 0.3 is 0 Å². The fraction of sp³-hybridized carbons (Fsp3) is 0.467. The molecule has 6 nitrogen and oxygen atoms in total. The molecule has 1 heterocycles. The van der Waals surface area contributed by atoms with Crippen molar-refractivity contribution in [3.05, 3.63) is 24.3 Å². The minimum Gasteiger partial charge on any atom is -0.326 e. The molecule has 0 saturated heterocycles. The summed E-state index contributed by atoms with van der Waals surface area (Å²) in [6, 6.07) is 6.23. The van der Waals surface area contributed by atoms with Crippen molar-refractivity contribution in [2.75, 3.05) is 11.9 Å². The van der Waals surface area contributed by atoms with E-state index in [1.165, 1.54) is 12.1 Å². The van der Waals surface area contributed by atoms with Crippen molar-refractivity contribution in [2.45, 2.75) is 38.0 Å². The predicted octanol–water partition coefficient (Wildman–Crippen LogP) is 2.14. The van der Waals surface area contributed by atoms with Crippen LogP contribution in [0.2, 0.25) is 0 Å². The van der Waals surface area contributed by atoms with Crippen molar-refractivity contribution in [3.63, 3.8) is 0 Å². The van der Waals surface area contributed by atoms with E-state index in [-0.39, 0.29) is 16.7 Å². The number of amidine groups is 1. The fourth-order valence-electron chi connectivity index (χ4n) is 2.16. The van der Waals surface area contributed by atoms with Gasteiger partial charge in [0.05, 0.1) is 4.90 Å². The van der Waals surface area contributed by atoms with Crippen LogP contribution >= 0.6 is 0 Å². The number of sulfonamides is 1. The average Bonchev–Trinajstić information content (AvgIpc) is 2.90. The second-order valence-corrected chi connectivity index (χ2v) is 7.39. The zero-order valence-electron chi connectivity index (χ0n) is 12.8. The molecule has 0 atom stereocenters. The molecule has 2 N–H and O–H groups in total. The quantitative estimate of drug-likeness (QED) is 0.870. The highest BCUT2D eigenvalue weighted by molar-refractivity contribution is 7.90. The summed E-state index contributed by atoms with van der Waals surface area (Å²) < 4.78 is 27.1. The second kappa shape index (κ2) is 6.91. The van der Waals surface area contributed by atoms with E-state index < -0.39 is 10.0 Å². The molecule has 0 aliphatic carbocycles. The van der Waals surface area contributed by atoms with Crippen molar-refractivity contribution >= 4 is 27.5 Å². The Kier molecular flexibility index (Phi) is 5.18. The Labute approximate surface area is 131 Å². The van der Waals surface area contributed by atoms with Crippen LogP contribution in [0.1, 0.15) is 33.1 Å². The van der Waals surface area contributed by atoms with E-state index in [4.69, 9.17) is 0 Å². The fourth-order valence-corrected chi connectivity index (χ4v) is 3.30. The number of anilines is 1. The molecule has 0 radical (unpaired) electrons. The van der Waals surface area contributed by atoms with Crippen molar-refractivity contribution in [3.8, 4) is 0 Å². The topological polar surface area (TPSA) is 87.6 Å². The maximum atomic E-state index is 12.3. The molecule has 0 saturated carbocycles. The number of rotatable bonds is 5. The summed E-state index contributed by atoms with van der Waals surface area (Å²) in [5.41, 5.74) is 0.474. The van der Waals surface area contributed by atoms with Crippen molar-refractivity contribution < 1.29 is 13.2 Å². The highest BCUT2D eigenvalue weighted by Gasteiger charge is 2.18. The first-order valence-electron chi connectivity index (χ1n) is 7.33. The number of nitrogens with zero attached hydrogens (tertiary/aromatic N) is 1. The molecule has 1 aliphatic heterocycles. The Morgan fingerprint density at radius 3 is 2.77 bits per heavy atom. The summed E-state index contributed by atoms with van der Waals surface area (Å²) in [7, 11) is -3.66. The summed E-state index contributed by atoms with van der Waals surface area (Å²) in [5.74, 6) is 0.612. The van der Waals surface area contributed by atoms with Gasteiger partial charge in [-0.3, -0.25) is 14.5 Å². The summed E-state index contributed by atoms with van der Waals surface area (Å²) in [6.07, 6.45) is 1.90. The van der Waals surface area contributed by atoms with Gasteiger partial charge in [-0.15, -0.1) is 0 Å². The van der Waals surface area contributed by atoms with E-state index in [1.54, 1.807) is 12.1 Å². The van der Waals surface area contributed by atoms with E-state index in [2.05, 4.69) is 15.0 Å². The number of benzene rings is 1. The van der Waals surface area contributed by atoms with Crippen LogP contribution in [0.25, 0.3) is 0 Å². The Bertz CT molecular complexity index is 681. The Morgan fingerprint density at radius 1 is 1.36 bits per heavy atom. The van der Waals surface area contributed by atoms with Gasteiger partial charge in [-0.25, -0.2) is 8.42 Å². The van der Waals surface area contributed by atoms with Crippen LogP contribution < -0.4 is 10.0 Å².